The molecule has 2 nitrogen and oxygen atoms in total. The number of benzene rings is 1. The summed E-state index contributed by atoms with van der Waals surface area (Å²) in [5.74, 6) is 0. The lowest BCUT2D eigenvalue weighted by Crippen LogP contribution is -2.23. The lowest BCUT2D eigenvalue weighted by atomic mass is 10.1. The lowest BCUT2D eigenvalue weighted by molar-refractivity contribution is 0.673. The van der Waals surface area contributed by atoms with Gasteiger partial charge in [0.15, 0.2) is 0 Å². The fourth-order valence-corrected chi connectivity index (χ4v) is 2.98. The summed E-state index contributed by atoms with van der Waals surface area (Å²) in [6.07, 6.45) is 2.29. The molecule has 20 heavy (non-hydrogen) atoms. The van der Waals surface area contributed by atoms with Crippen molar-refractivity contribution in [3.63, 3.8) is 0 Å². The minimum absolute atomic E-state index is 0.952. The third kappa shape index (κ3) is 4.36. The molecule has 108 valence electrons. The fraction of sp³-hybridized carbons (Fsp3) is 0.412. The Bertz CT molecular complexity index is 493. The van der Waals surface area contributed by atoms with Gasteiger partial charge in [0, 0.05) is 30.7 Å². The Hall–Kier alpha value is -1.32. The number of thiophene rings is 1. The van der Waals surface area contributed by atoms with Crippen LogP contribution in [0.15, 0.2) is 41.8 Å². The molecule has 0 radical (unpaired) electrons. The highest BCUT2D eigenvalue weighted by atomic mass is 32.1. The summed E-state index contributed by atoms with van der Waals surface area (Å²) in [4.78, 5) is 3.82. The first-order chi connectivity index (χ1) is 9.81. The maximum absolute atomic E-state index is 3.49. The van der Waals surface area contributed by atoms with Crippen molar-refractivity contribution in [1.29, 1.82) is 0 Å². The molecule has 0 saturated heterocycles. The zero-order valence-electron chi connectivity index (χ0n) is 12.4. The fourth-order valence-electron chi connectivity index (χ4n) is 2.29. The van der Waals surface area contributed by atoms with Gasteiger partial charge in [0.1, 0.15) is 0 Å². The van der Waals surface area contributed by atoms with Crippen molar-refractivity contribution in [2.75, 3.05) is 25.0 Å². The molecule has 1 aromatic heterocycles. The van der Waals surface area contributed by atoms with Crippen LogP contribution in [0, 0.1) is 0 Å². The molecule has 2 rings (SSSR count). The number of hydrogen-bond acceptors (Lipinski definition) is 3. The van der Waals surface area contributed by atoms with E-state index in [9.17, 15) is 0 Å². The molecular weight excluding hydrogens is 264 g/mol. The van der Waals surface area contributed by atoms with Gasteiger partial charge < -0.3 is 10.2 Å². The third-order valence-electron chi connectivity index (χ3n) is 3.42. The maximum atomic E-state index is 3.49. The van der Waals surface area contributed by atoms with Crippen molar-refractivity contribution in [2.24, 2.45) is 0 Å². The van der Waals surface area contributed by atoms with E-state index in [2.05, 4.69) is 66.0 Å². The zero-order valence-corrected chi connectivity index (χ0v) is 13.2. The summed E-state index contributed by atoms with van der Waals surface area (Å²) in [5, 5.41) is 5.64. The first-order valence-corrected chi connectivity index (χ1v) is 8.21. The van der Waals surface area contributed by atoms with Crippen molar-refractivity contribution in [1.82, 2.24) is 5.32 Å². The van der Waals surface area contributed by atoms with Crippen molar-refractivity contribution in [3.8, 4) is 0 Å². The number of nitrogens with zero attached hydrogens (tertiary/aromatic N) is 1. The summed E-state index contributed by atoms with van der Waals surface area (Å²) >= 11 is 1.84. The van der Waals surface area contributed by atoms with E-state index in [-0.39, 0.29) is 0 Å². The van der Waals surface area contributed by atoms with Crippen LogP contribution in [0.3, 0.4) is 0 Å². The van der Waals surface area contributed by atoms with Crippen LogP contribution in [0.5, 0.6) is 0 Å². The van der Waals surface area contributed by atoms with Crippen LogP contribution in [0.2, 0.25) is 0 Å². The van der Waals surface area contributed by atoms with E-state index in [4.69, 9.17) is 0 Å². The third-order valence-corrected chi connectivity index (χ3v) is 4.35. The van der Waals surface area contributed by atoms with Gasteiger partial charge in [0.25, 0.3) is 0 Å². The van der Waals surface area contributed by atoms with Crippen molar-refractivity contribution >= 4 is 17.0 Å². The largest absolute Gasteiger partial charge is 0.374 e. The van der Waals surface area contributed by atoms with Crippen LogP contribution in [-0.4, -0.2) is 20.1 Å². The quantitative estimate of drug-likeness (QED) is 0.741. The van der Waals surface area contributed by atoms with Gasteiger partial charge in [-0.3, -0.25) is 0 Å². The second kappa shape index (κ2) is 8.08. The normalized spacial score (nSPS) is 10.7. The van der Waals surface area contributed by atoms with Crippen LogP contribution >= 0.6 is 11.3 Å². The van der Waals surface area contributed by atoms with Crippen LogP contribution in [0.25, 0.3) is 0 Å². The molecule has 0 aliphatic rings. The molecule has 1 heterocycles. The Morgan fingerprint density at radius 2 is 2.00 bits per heavy atom. The minimum atomic E-state index is 0.952. The van der Waals surface area contributed by atoms with Crippen LogP contribution in [0.1, 0.15) is 23.8 Å². The molecule has 0 fully saturated rings. The highest BCUT2D eigenvalue weighted by Crippen LogP contribution is 2.20. The number of para-hydroxylation sites is 1. The Labute approximate surface area is 126 Å². The van der Waals surface area contributed by atoms with E-state index in [0.717, 1.165) is 26.1 Å². The topological polar surface area (TPSA) is 15.3 Å². The van der Waals surface area contributed by atoms with E-state index >= 15 is 0 Å². The summed E-state index contributed by atoms with van der Waals surface area (Å²) in [6.45, 7) is 5.29. The Morgan fingerprint density at radius 3 is 2.75 bits per heavy atom. The number of anilines is 1. The Kier molecular flexibility index (Phi) is 6.09. The summed E-state index contributed by atoms with van der Waals surface area (Å²) in [6, 6.07) is 13.0. The summed E-state index contributed by atoms with van der Waals surface area (Å²) < 4.78 is 0. The predicted octanol–water partition coefficient (Wildman–Crippen LogP) is 3.93. The molecule has 0 bridgehead atoms. The van der Waals surface area contributed by atoms with E-state index in [1.54, 1.807) is 0 Å². The van der Waals surface area contributed by atoms with E-state index in [0.29, 0.717) is 0 Å². The van der Waals surface area contributed by atoms with Crippen LogP contribution in [0.4, 0.5) is 5.69 Å². The first-order valence-electron chi connectivity index (χ1n) is 7.33. The minimum Gasteiger partial charge on any atom is -0.374 e. The lowest BCUT2D eigenvalue weighted by Gasteiger charge is -2.22. The second-order valence-electron chi connectivity index (χ2n) is 5.06. The van der Waals surface area contributed by atoms with E-state index < -0.39 is 0 Å². The van der Waals surface area contributed by atoms with Gasteiger partial charge >= 0.3 is 0 Å². The molecule has 0 amide bonds. The Balaban J connectivity index is 1.95. The van der Waals surface area contributed by atoms with Gasteiger partial charge in [-0.1, -0.05) is 31.2 Å². The number of likely N-dealkylation sites (N-methyl/N-ethyl adjacent to an activating group) is 1. The van der Waals surface area contributed by atoms with Gasteiger partial charge in [0.05, 0.1) is 0 Å². The van der Waals surface area contributed by atoms with Gasteiger partial charge in [-0.2, -0.15) is 0 Å². The molecular formula is C17H24N2S. The van der Waals surface area contributed by atoms with Crippen LogP contribution in [-0.2, 0) is 13.0 Å². The number of rotatable bonds is 8. The smallest absolute Gasteiger partial charge is 0.0409 e. The number of hydrogen-bond donors (Lipinski definition) is 1. The summed E-state index contributed by atoms with van der Waals surface area (Å²) in [7, 11) is 2.19. The van der Waals surface area contributed by atoms with Gasteiger partial charge in [-0.05, 0) is 42.5 Å². The highest BCUT2D eigenvalue weighted by molar-refractivity contribution is 7.09. The summed E-state index contributed by atoms with van der Waals surface area (Å²) in [5.41, 5.74) is 2.72. The van der Waals surface area contributed by atoms with Gasteiger partial charge in [-0.15, -0.1) is 11.3 Å². The monoisotopic (exact) mass is 288 g/mol. The molecule has 0 atom stereocenters. The molecule has 0 aliphatic carbocycles. The molecule has 0 unspecified atom stereocenters. The van der Waals surface area contributed by atoms with Crippen LogP contribution < -0.4 is 10.2 Å². The Morgan fingerprint density at radius 1 is 1.15 bits per heavy atom. The SMILES string of the molecule is CCCNCc1ccccc1N(C)CCc1cccs1. The first kappa shape index (κ1) is 15.1. The average Bonchev–Trinajstić information content (AvgIpc) is 2.99. The molecule has 0 spiro atoms. The molecule has 2 aromatic rings. The van der Waals surface area contributed by atoms with Crippen molar-refractivity contribution in [2.45, 2.75) is 26.3 Å². The van der Waals surface area contributed by atoms with Gasteiger partial charge in [0.2, 0.25) is 0 Å². The zero-order chi connectivity index (χ0) is 14.2. The predicted molar refractivity (Wildman–Crippen MR) is 89.7 cm³/mol. The molecule has 0 saturated carbocycles. The molecule has 0 aliphatic heterocycles. The maximum Gasteiger partial charge on any atom is 0.0409 e. The standard InChI is InChI=1S/C17H24N2S/c1-3-11-18-14-15-7-4-5-9-17(15)19(2)12-10-16-8-6-13-20-16/h4-9,13,18H,3,10-12,14H2,1-2H3. The van der Waals surface area contributed by atoms with Gasteiger partial charge in [-0.25, -0.2) is 0 Å². The molecule has 1 aromatic carbocycles. The van der Waals surface area contributed by atoms with Crippen molar-refractivity contribution < 1.29 is 0 Å². The highest BCUT2D eigenvalue weighted by Gasteiger charge is 2.07. The average molecular weight is 288 g/mol. The van der Waals surface area contributed by atoms with E-state index in [1.807, 2.05) is 11.3 Å². The molecule has 1 N–H and O–H groups in total. The van der Waals surface area contributed by atoms with E-state index in [1.165, 1.54) is 22.5 Å². The van der Waals surface area contributed by atoms with Crippen molar-refractivity contribution in [3.05, 3.63) is 52.2 Å². The molecule has 3 heteroatoms. The number of nitrogens with one attached hydrogen (secondary N) is 1. The second-order valence-corrected chi connectivity index (χ2v) is 6.09.